The summed E-state index contributed by atoms with van der Waals surface area (Å²) in [6, 6.07) is 23.7. The van der Waals surface area contributed by atoms with E-state index in [1.54, 1.807) is 12.4 Å². The van der Waals surface area contributed by atoms with Crippen LogP contribution in [0.4, 0.5) is 0 Å². The molecule has 4 aromatic rings. The standard InChI is InChI=1S/C44H50N2O10/c1-3-41(47)51-25-9-5-7-23-49-37-19-21-39(45-29-37)35-15-11-33(12-16-35)31-55-43-44(54-28-27-53-43)56-32-34-13-17-36(18-14-34)40-22-20-38(30-46-40)50-24-8-6-10-26-52-42(48)4-2/h3-4,11-22,29-30,43-44H,1-2,5-10,23-28,31-32H2/t43-,44-/m0/s1. The van der Waals surface area contributed by atoms with E-state index in [0.29, 0.717) is 64.4 Å². The van der Waals surface area contributed by atoms with Crippen molar-refractivity contribution < 1.29 is 47.5 Å². The van der Waals surface area contributed by atoms with E-state index in [9.17, 15) is 9.59 Å². The van der Waals surface area contributed by atoms with Crippen molar-refractivity contribution in [1.82, 2.24) is 9.97 Å². The van der Waals surface area contributed by atoms with Crippen molar-refractivity contribution in [1.29, 1.82) is 0 Å². The van der Waals surface area contributed by atoms with Crippen LogP contribution in [0.1, 0.15) is 49.7 Å². The van der Waals surface area contributed by atoms with E-state index < -0.39 is 24.5 Å². The molecule has 0 amide bonds. The van der Waals surface area contributed by atoms with Crippen LogP contribution >= 0.6 is 0 Å². The van der Waals surface area contributed by atoms with Gasteiger partial charge < -0.3 is 37.9 Å². The number of nitrogens with zero attached hydrogens (tertiary/aromatic N) is 2. The topological polar surface area (TPSA) is 134 Å². The monoisotopic (exact) mass is 766 g/mol. The highest BCUT2D eigenvalue weighted by Gasteiger charge is 2.28. The van der Waals surface area contributed by atoms with E-state index in [0.717, 1.165) is 72.2 Å². The summed E-state index contributed by atoms with van der Waals surface area (Å²) in [5, 5.41) is 0. The second-order valence-electron chi connectivity index (χ2n) is 12.8. The van der Waals surface area contributed by atoms with Crippen LogP contribution in [0.25, 0.3) is 22.5 Å². The Bertz CT molecular complexity index is 1650. The molecule has 12 nitrogen and oxygen atoms in total. The molecule has 1 saturated heterocycles. The smallest absolute Gasteiger partial charge is 0.330 e. The van der Waals surface area contributed by atoms with Crippen LogP contribution in [-0.2, 0) is 51.2 Å². The molecule has 1 aliphatic heterocycles. The Hall–Kier alpha value is -5.40. The number of ether oxygens (including phenoxy) is 8. The van der Waals surface area contributed by atoms with E-state index in [4.69, 9.17) is 37.9 Å². The van der Waals surface area contributed by atoms with Gasteiger partial charge in [0.05, 0.1) is 76.6 Å². The second-order valence-corrected chi connectivity index (χ2v) is 12.8. The van der Waals surface area contributed by atoms with Gasteiger partial charge in [-0.2, -0.15) is 0 Å². The third-order valence-electron chi connectivity index (χ3n) is 8.61. The maximum Gasteiger partial charge on any atom is 0.330 e. The zero-order valence-corrected chi connectivity index (χ0v) is 31.7. The molecule has 3 heterocycles. The van der Waals surface area contributed by atoms with E-state index in [1.165, 1.54) is 12.2 Å². The van der Waals surface area contributed by atoms with E-state index in [2.05, 4.69) is 23.1 Å². The number of unbranched alkanes of at least 4 members (excludes halogenated alkanes) is 4. The molecule has 12 heteroatoms. The van der Waals surface area contributed by atoms with Gasteiger partial charge in [-0.3, -0.25) is 9.97 Å². The molecule has 0 aliphatic carbocycles. The highest BCUT2D eigenvalue weighted by Crippen LogP contribution is 2.24. The molecule has 0 radical (unpaired) electrons. The molecule has 0 spiro atoms. The Kier molecular flexibility index (Phi) is 17.5. The minimum atomic E-state index is -0.668. The quantitative estimate of drug-likeness (QED) is 0.0391. The van der Waals surface area contributed by atoms with Gasteiger partial charge in [-0.05, 0) is 73.9 Å². The minimum Gasteiger partial charge on any atom is -0.492 e. The number of hydrogen-bond donors (Lipinski definition) is 0. The number of aromatic nitrogens is 2. The number of esters is 2. The summed E-state index contributed by atoms with van der Waals surface area (Å²) in [5.41, 5.74) is 5.59. The molecule has 1 fully saturated rings. The third-order valence-corrected chi connectivity index (χ3v) is 8.61. The van der Waals surface area contributed by atoms with Crippen LogP contribution in [-0.4, -0.2) is 74.1 Å². The molecule has 0 bridgehead atoms. The lowest BCUT2D eigenvalue weighted by atomic mass is 10.1. The normalized spacial score (nSPS) is 15.1. The molecule has 0 unspecified atom stereocenters. The number of benzene rings is 2. The Morgan fingerprint density at radius 1 is 0.571 bits per heavy atom. The Balaban J connectivity index is 0.992. The van der Waals surface area contributed by atoms with Gasteiger partial charge in [-0.25, -0.2) is 9.59 Å². The maximum absolute atomic E-state index is 11.1. The average Bonchev–Trinajstić information content (AvgIpc) is 3.25. The first-order valence-electron chi connectivity index (χ1n) is 18.9. The lowest BCUT2D eigenvalue weighted by Gasteiger charge is -2.31. The fraction of sp³-hybridized carbons (Fsp3) is 0.364. The summed E-state index contributed by atoms with van der Waals surface area (Å²) in [7, 11) is 0. The second kappa shape index (κ2) is 23.5. The molecule has 2 aromatic carbocycles. The first kappa shape index (κ1) is 41.8. The number of rotatable bonds is 24. The summed E-state index contributed by atoms with van der Waals surface area (Å²) in [6.45, 7) is 10.2. The fourth-order valence-corrected chi connectivity index (χ4v) is 5.52. The summed E-state index contributed by atoms with van der Waals surface area (Å²) >= 11 is 0. The van der Waals surface area contributed by atoms with Gasteiger partial charge in [0.1, 0.15) is 11.5 Å². The average molecular weight is 767 g/mol. The van der Waals surface area contributed by atoms with Crippen molar-refractivity contribution in [3.8, 4) is 34.0 Å². The van der Waals surface area contributed by atoms with Gasteiger partial charge in [-0.15, -0.1) is 0 Å². The van der Waals surface area contributed by atoms with Crippen molar-refractivity contribution in [3.63, 3.8) is 0 Å². The number of carbonyl (C=O) groups excluding carboxylic acids is 2. The minimum absolute atomic E-state index is 0.325. The zero-order valence-electron chi connectivity index (χ0n) is 31.7. The predicted octanol–water partition coefficient (Wildman–Crippen LogP) is 7.80. The van der Waals surface area contributed by atoms with E-state index in [1.807, 2.05) is 72.8 Å². The van der Waals surface area contributed by atoms with Crippen LogP contribution in [0.2, 0.25) is 0 Å². The number of hydrogen-bond acceptors (Lipinski definition) is 12. The van der Waals surface area contributed by atoms with Crippen molar-refractivity contribution in [2.75, 3.05) is 39.6 Å². The fourth-order valence-electron chi connectivity index (χ4n) is 5.52. The molecule has 296 valence electrons. The molecule has 1 aliphatic rings. The first-order chi connectivity index (χ1) is 27.5. The van der Waals surface area contributed by atoms with Crippen LogP contribution in [0, 0.1) is 0 Å². The lowest BCUT2D eigenvalue weighted by molar-refractivity contribution is -0.326. The molecular weight excluding hydrogens is 716 g/mol. The van der Waals surface area contributed by atoms with Gasteiger partial charge in [0.2, 0.25) is 12.6 Å². The van der Waals surface area contributed by atoms with Gasteiger partial charge in [-0.1, -0.05) is 61.7 Å². The summed E-state index contributed by atoms with van der Waals surface area (Å²) < 4.78 is 45.5. The predicted molar refractivity (Wildman–Crippen MR) is 209 cm³/mol. The van der Waals surface area contributed by atoms with Crippen LogP contribution in [0.5, 0.6) is 11.5 Å². The van der Waals surface area contributed by atoms with Crippen molar-refractivity contribution >= 4 is 11.9 Å². The van der Waals surface area contributed by atoms with Gasteiger partial charge in [0.15, 0.2) is 0 Å². The largest absolute Gasteiger partial charge is 0.492 e. The molecular formula is C44H50N2O10. The third kappa shape index (κ3) is 14.3. The molecule has 0 N–H and O–H groups in total. The SMILES string of the molecule is C=CC(=O)OCCCCCOc1ccc(-c2ccc(CO[C@@H]3OCCO[C@H]3OCc3ccc(-c4ccc(OCCCCCOC(=O)C=C)cn4)cc3)cc2)nc1. The van der Waals surface area contributed by atoms with Gasteiger partial charge >= 0.3 is 11.9 Å². The molecule has 56 heavy (non-hydrogen) atoms. The highest BCUT2D eigenvalue weighted by atomic mass is 16.8. The zero-order chi connectivity index (χ0) is 39.2. The Morgan fingerprint density at radius 3 is 1.36 bits per heavy atom. The van der Waals surface area contributed by atoms with Crippen LogP contribution < -0.4 is 9.47 Å². The summed E-state index contributed by atoms with van der Waals surface area (Å²) in [6.07, 6.45) is 9.50. The molecule has 2 atom stereocenters. The summed E-state index contributed by atoms with van der Waals surface area (Å²) in [4.78, 5) is 31.3. The molecule has 5 rings (SSSR count). The van der Waals surface area contributed by atoms with Gasteiger partial charge in [0, 0.05) is 23.3 Å². The molecule has 2 aromatic heterocycles. The number of carbonyl (C=O) groups is 2. The summed E-state index contributed by atoms with van der Waals surface area (Å²) in [5.74, 6) is 0.622. The van der Waals surface area contributed by atoms with E-state index >= 15 is 0 Å². The highest BCUT2D eigenvalue weighted by molar-refractivity contribution is 5.81. The first-order valence-corrected chi connectivity index (χ1v) is 18.9. The maximum atomic E-state index is 11.1. The Labute approximate surface area is 328 Å². The van der Waals surface area contributed by atoms with Crippen molar-refractivity contribution in [2.45, 2.75) is 64.3 Å². The Morgan fingerprint density at radius 2 is 0.982 bits per heavy atom. The van der Waals surface area contributed by atoms with E-state index in [-0.39, 0.29) is 0 Å². The van der Waals surface area contributed by atoms with Crippen molar-refractivity contribution in [2.24, 2.45) is 0 Å². The van der Waals surface area contributed by atoms with Crippen molar-refractivity contribution in [3.05, 3.63) is 122 Å². The van der Waals surface area contributed by atoms with Crippen LogP contribution in [0.15, 0.2) is 111 Å². The van der Waals surface area contributed by atoms with Crippen LogP contribution in [0.3, 0.4) is 0 Å². The lowest BCUT2D eigenvalue weighted by Crippen LogP contribution is -2.41. The molecule has 0 saturated carbocycles. The number of pyridine rings is 2. The van der Waals surface area contributed by atoms with Gasteiger partial charge in [0.25, 0.3) is 0 Å².